The zero-order chi connectivity index (χ0) is 10.8. The van der Waals surface area contributed by atoms with Crippen molar-refractivity contribution in [3.05, 3.63) is 0 Å². The quantitative estimate of drug-likeness (QED) is 0.638. The molecule has 0 saturated carbocycles. The van der Waals surface area contributed by atoms with E-state index < -0.39 is 12.2 Å². The molecular weight excluding hydrogens is 188 g/mol. The first-order valence-electron chi connectivity index (χ1n) is 4.45. The second-order valence-electron chi connectivity index (χ2n) is 2.39. The minimum atomic E-state index is -0.471. The number of hydrogen-bond acceptors (Lipinski definition) is 4. The van der Waals surface area contributed by atoms with Gasteiger partial charge < -0.3 is 20.1 Å². The van der Waals surface area contributed by atoms with E-state index in [0.29, 0.717) is 19.6 Å². The predicted octanol–water partition coefficient (Wildman–Crippen LogP) is 0.479. The summed E-state index contributed by atoms with van der Waals surface area (Å²) in [5.74, 6) is 0. The SMILES string of the molecule is CCOC(=O)NCCCOC(=O)NC. The first kappa shape index (κ1) is 12.5. The summed E-state index contributed by atoms with van der Waals surface area (Å²) in [5.41, 5.74) is 0. The molecule has 0 unspecified atom stereocenters. The third-order valence-corrected chi connectivity index (χ3v) is 1.30. The summed E-state index contributed by atoms with van der Waals surface area (Å²) in [4.78, 5) is 21.3. The van der Waals surface area contributed by atoms with Gasteiger partial charge in [-0.2, -0.15) is 0 Å². The van der Waals surface area contributed by atoms with Crippen molar-refractivity contribution in [3.8, 4) is 0 Å². The maximum atomic E-state index is 10.7. The highest BCUT2D eigenvalue weighted by molar-refractivity contribution is 5.67. The fourth-order valence-corrected chi connectivity index (χ4v) is 0.682. The van der Waals surface area contributed by atoms with E-state index in [4.69, 9.17) is 4.74 Å². The average Bonchev–Trinajstić information content (AvgIpc) is 2.17. The number of alkyl carbamates (subject to hydrolysis) is 2. The van der Waals surface area contributed by atoms with E-state index >= 15 is 0 Å². The molecule has 2 amide bonds. The first-order chi connectivity index (χ1) is 6.70. The lowest BCUT2D eigenvalue weighted by Crippen LogP contribution is -2.27. The third kappa shape index (κ3) is 7.20. The number of nitrogens with one attached hydrogen (secondary N) is 2. The van der Waals surface area contributed by atoms with E-state index in [-0.39, 0.29) is 6.61 Å². The molecule has 0 spiro atoms. The molecule has 14 heavy (non-hydrogen) atoms. The maximum absolute atomic E-state index is 10.7. The van der Waals surface area contributed by atoms with Crippen LogP contribution in [0.4, 0.5) is 9.59 Å². The van der Waals surface area contributed by atoms with Gasteiger partial charge in [0.05, 0.1) is 13.2 Å². The molecule has 0 saturated heterocycles. The van der Waals surface area contributed by atoms with E-state index in [1.54, 1.807) is 6.92 Å². The Balaban J connectivity index is 3.21. The smallest absolute Gasteiger partial charge is 0.407 e. The zero-order valence-corrected chi connectivity index (χ0v) is 8.46. The minimum Gasteiger partial charge on any atom is -0.450 e. The fraction of sp³-hybridized carbons (Fsp3) is 0.750. The predicted molar refractivity (Wildman–Crippen MR) is 50.0 cm³/mol. The highest BCUT2D eigenvalue weighted by Crippen LogP contribution is 1.83. The van der Waals surface area contributed by atoms with Crippen molar-refractivity contribution in [1.29, 1.82) is 0 Å². The van der Waals surface area contributed by atoms with Crippen LogP contribution in [-0.4, -0.2) is 39.0 Å². The van der Waals surface area contributed by atoms with Crippen LogP contribution in [0, 0.1) is 0 Å². The van der Waals surface area contributed by atoms with Crippen LogP contribution >= 0.6 is 0 Å². The lowest BCUT2D eigenvalue weighted by molar-refractivity contribution is 0.142. The van der Waals surface area contributed by atoms with Gasteiger partial charge >= 0.3 is 12.2 Å². The van der Waals surface area contributed by atoms with Gasteiger partial charge in [-0.1, -0.05) is 0 Å². The second-order valence-corrected chi connectivity index (χ2v) is 2.39. The van der Waals surface area contributed by atoms with E-state index in [2.05, 4.69) is 15.4 Å². The molecule has 0 aromatic rings. The van der Waals surface area contributed by atoms with Gasteiger partial charge in [0.1, 0.15) is 0 Å². The Morgan fingerprint density at radius 3 is 2.50 bits per heavy atom. The Morgan fingerprint density at radius 2 is 1.93 bits per heavy atom. The molecule has 0 aliphatic rings. The van der Waals surface area contributed by atoms with Crippen LogP contribution in [0.5, 0.6) is 0 Å². The number of carbonyl (C=O) groups excluding carboxylic acids is 2. The summed E-state index contributed by atoms with van der Waals surface area (Å²) in [5, 5.41) is 4.81. The second kappa shape index (κ2) is 8.15. The molecule has 0 aliphatic heterocycles. The largest absolute Gasteiger partial charge is 0.450 e. The minimum absolute atomic E-state index is 0.270. The Hall–Kier alpha value is -1.46. The van der Waals surface area contributed by atoms with E-state index in [1.807, 2.05) is 0 Å². The highest BCUT2D eigenvalue weighted by Gasteiger charge is 1.99. The number of hydrogen-bond donors (Lipinski definition) is 2. The molecule has 0 fully saturated rings. The lowest BCUT2D eigenvalue weighted by Gasteiger charge is -2.05. The van der Waals surface area contributed by atoms with Crippen molar-refractivity contribution >= 4 is 12.2 Å². The molecule has 0 aromatic heterocycles. The summed E-state index contributed by atoms with van der Waals surface area (Å²) >= 11 is 0. The molecule has 0 atom stereocenters. The van der Waals surface area contributed by atoms with Crippen molar-refractivity contribution < 1.29 is 19.1 Å². The Kier molecular flexibility index (Phi) is 7.30. The normalized spacial score (nSPS) is 9.00. The van der Waals surface area contributed by atoms with Gasteiger partial charge in [0.25, 0.3) is 0 Å². The maximum Gasteiger partial charge on any atom is 0.407 e. The van der Waals surface area contributed by atoms with Gasteiger partial charge in [-0.05, 0) is 13.3 Å². The molecular formula is C8H16N2O4. The molecule has 0 radical (unpaired) electrons. The van der Waals surface area contributed by atoms with Crippen LogP contribution in [0.15, 0.2) is 0 Å². The van der Waals surface area contributed by atoms with E-state index in [1.165, 1.54) is 7.05 Å². The third-order valence-electron chi connectivity index (χ3n) is 1.30. The number of carbonyl (C=O) groups is 2. The van der Waals surface area contributed by atoms with Crippen molar-refractivity contribution in [3.63, 3.8) is 0 Å². The molecule has 0 heterocycles. The van der Waals surface area contributed by atoms with Crippen molar-refractivity contribution in [2.45, 2.75) is 13.3 Å². The number of ether oxygens (including phenoxy) is 2. The van der Waals surface area contributed by atoms with Crippen LogP contribution in [0.1, 0.15) is 13.3 Å². The zero-order valence-electron chi connectivity index (χ0n) is 8.46. The Labute approximate surface area is 82.9 Å². The first-order valence-corrected chi connectivity index (χ1v) is 4.45. The molecule has 0 aromatic carbocycles. The summed E-state index contributed by atoms with van der Waals surface area (Å²) in [6, 6.07) is 0. The van der Waals surface area contributed by atoms with E-state index in [9.17, 15) is 9.59 Å². The molecule has 0 aliphatic carbocycles. The molecule has 82 valence electrons. The molecule has 0 rings (SSSR count). The summed E-state index contributed by atoms with van der Waals surface area (Å²) in [6.07, 6.45) is -0.361. The van der Waals surface area contributed by atoms with Crippen LogP contribution in [0.3, 0.4) is 0 Å². The average molecular weight is 204 g/mol. The van der Waals surface area contributed by atoms with Gasteiger partial charge in [0.15, 0.2) is 0 Å². The van der Waals surface area contributed by atoms with Crippen LogP contribution in [-0.2, 0) is 9.47 Å². The summed E-state index contributed by atoms with van der Waals surface area (Å²) in [6.45, 7) is 2.77. The number of amides is 2. The van der Waals surface area contributed by atoms with Crippen LogP contribution in [0.25, 0.3) is 0 Å². The topological polar surface area (TPSA) is 76.7 Å². The Morgan fingerprint density at radius 1 is 1.21 bits per heavy atom. The van der Waals surface area contributed by atoms with Gasteiger partial charge in [-0.3, -0.25) is 0 Å². The highest BCUT2D eigenvalue weighted by atomic mass is 16.6. The molecule has 6 heteroatoms. The van der Waals surface area contributed by atoms with Gasteiger partial charge in [-0.15, -0.1) is 0 Å². The van der Waals surface area contributed by atoms with Gasteiger partial charge in [0, 0.05) is 13.6 Å². The van der Waals surface area contributed by atoms with E-state index in [0.717, 1.165) is 0 Å². The molecule has 6 nitrogen and oxygen atoms in total. The van der Waals surface area contributed by atoms with Crippen LogP contribution in [0.2, 0.25) is 0 Å². The van der Waals surface area contributed by atoms with Gasteiger partial charge in [-0.25, -0.2) is 9.59 Å². The molecule has 0 bridgehead atoms. The summed E-state index contributed by atoms with van der Waals surface area (Å²) < 4.78 is 9.31. The van der Waals surface area contributed by atoms with Crippen molar-refractivity contribution in [2.75, 3.05) is 26.8 Å². The standard InChI is InChI=1S/C8H16N2O4/c1-3-13-8(12)10-5-4-6-14-7(11)9-2/h3-6H2,1-2H3,(H,9,11)(H,10,12). The summed E-state index contributed by atoms with van der Waals surface area (Å²) in [7, 11) is 1.49. The number of rotatable bonds is 5. The fourth-order valence-electron chi connectivity index (χ4n) is 0.682. The molecule has 2 N–H and O–H groups in total. The van der Waals surface area contributed by atoms with Gasteiger partial charge in [0.2, 0.25) is 0 Å². The van der Waals surface area contributed by atoms with Crippen LogP contribution < -0.4 is 10.6 Å². The van der Waals surface area contributed by atoms with Crippen molar-refractivity contribution in [1.82, 2.24) is 10.6 Å². The van der Waals surface area contributed by atoms with Crippen molar-refractivity contribution in [2.24, 2.45) is 0 Å². The monoisotopic (exact) mass is 204 g/mol. The lowest BCUT2D eigenvalue weighted by atomic mass is 10.4. The Bertz CT molecular complexity index is 184.